The van der Waals surface area contributed by atoms with E-state index in [4.69, 9.17) is 4.74 Å². The summed E-state index contributed by atoms with van der Waals surface area (Å²) < 4.78 is 5.82. The molecule has 0 spiro atoms. The fourth-order valence-corrected chi connectivity index (χ4v) is 4.80. The van der Waals surface area contributed by atoms with Crippen molar-refractivity contribution in [2.45, 2.75) is 0 Å². The lowest BCUT2D eigenvalue weighted by molar-refractivity contribution is -0.117. The van der Waals surface area contributed by atoms with E-state index < -0.39 is 48.5 Å². The number of hydrogen-bond acceptors (Lipinski definition) is 7. The first-order valence-electron chi connectivity index (χ1n) is 13.2. The minimum Gasteiger partial charge on any atom is -0.457 e. The smallest absolute Gasteiger partial charge is 0.262 e. The normalized spacial score (nSPS) is 13.6. The zero-order chi connectivity index (χ0) is 30.1. The molecular formula is C32H22N4O7. The van der Waals surface area contributed by atoms with E-state index in [1.807, 2.05) is 0 Å². The summed E-state index contributed by atoms with van der Waals surface area (Å²) in [6.07, 6.45) is 0. The van der Waals surface area contributed by atoms with E-state index in [9.17, 15) is 28.8 Å². The number of benzene rings is 4. The Labute approximate surface area is 244 Å². The second-order valence-corrected chi connectivity index (χ2v) is 9.73. The molecule has 0 unspecified atom stereocenters. The van der Waals surface area contributed by atoms with Crippen LogP contribution in [0.15, 0.2) is 97.1 Å². The summed E-state index contributed by atoms with van der Waals surface area (Å²) in [5.74, 6) is -2.13. The summed E-state index contributed by atoms with van der Waals surface area (Å²) in [5, 5.41) is 5.33. The SMILES string of the molecule is O=C(CN1C(=O)c2ccccc2C1=O)Nc1ccc(Oc2ccc(NC(=O)CN3C(=O)c4ccccc4C3=O)cc2)cc1. The molecule has 0 fully saturated rings. The predicted molar refractivity (Wildman–Crippen MR) is 154 cm³/mol. The van der Waals surface area contributed by atoms with Crippen molar-refractivity contribution in [1.29, 1.82) is 0 Å². The molecule has 212 valence electrons. The molecular weight excluding hydrogens is 552 g/mol. The first-order valence-corrected chi connectivity index (χ1v) is 13.2. The Morgan fingerprint density at radius 2 is 0.791 bits per heavy atom. The molecule has 6 rings (SSSR count). The predicted octanol–water partition coefficient (Wildman–Crippen LogP) is 3.95. The van der Waals surface area contributed by atoms with Gasteiger partial charge in [-0.25, -0.2) is 0 Å². The van der Waals surface area contributed by atoms with Gasteiger partial charge in [0, 0.05) is 11.4 Å². The number of amides is 6. The monoisotopic (exact) mass is 574 g/mol. The molecule has 0 aliphatic carbocycles. The molecule has 2 N–H and O–H groups in total. The molecule has 0 saturated heterocycles. The van der Waals surface area contributed by atoms with Crippen LogP contribution in [0.1, 0.15) is 41.4 Å². The van der Waals surface area contributed by atoms with Crippen molar-refractivity contribution in [2.75, 3.05) is 23.7 Å². The van der Waals surface area contributed by atoms with Crippen LogP contribution in [0.25, 0.3) is 0 Å². The maximum absolute atomic E-state index is 12.5. The number of anilines is 2. The largest absolute Gasteiger partial charge is 0.457 e. The third kappa shape index (κ3) is 5.34. The molecule has 4 aromatic rings. The highest BCUT2D eigenvalue weighted by Crippen LogP contribution is 2.26. The van der Waals surface area contributed by atoms with Gasteiger partial charge in [0.1, 0.15) is 24.6 Å². The highest BCUT2D eigenvalue weighted by Gasteiger charge is 2.37. The van der Waals surface area contributed by atoms with Gasteiger partial charge in [-0.1, -0.05) is 24.3 Å². The van der Waals surface area contributed by atoms with Crippen LogP contribution in [0.3, 0.4) is 0 Å². The lowest BCUT2D eigenvalue weighted by Crippen LogP contribution is -2.37. The zero-order valence-electron chi connectivity index (χ0n) is 22.4. The molecule has 0 aromatic heterocycles. The zero-order valence-corrected chi connectivity index (χ0v) is 22.4. The molecule has 2 aliphatic heterocycles. The van der Waals surface area contributed by atoms with E-state index in [1.165, 1.54) is 0 Å². The number of nitrogens with zero attached hydrogens (tertiary/aromatic N) is 2. The lowest BCUT2D eigenvalue weighted by atomic mass is 10.1. The Morgan fingerprint density at radius 3 is 1.09 bits per heavy atom. The highest BCUT2D eigenvalue weighted by molar-refractivity contribution is 6.23. The lowest BCUT2D eigenvalue weighted by Gasteiger charge is -2.14. The average Bonchev–Trinajstić information content (AvgIpc) is 3.39. The molecule has 0 bridgehead atoms. The van der Waals surface area contributed by atoms with Gasteiger partial charge in [0.05, 0.1) is 22.3 Å². The molecule has 0 radical (unpaired) electrons. The molecule has 2 heterocycles. The van der Waals surface area contributed by atoms with Gasteiger partial charge in [0.25, 0.3) is 23.6 Å². The molecule has 0 atom stereocenters. The van der Waals surface area contributed by atoms with Crippen LogP contribution in [0, 0.1) is 0 Å². The van der Waals surface area contributed by atoms with Crippen LogP contribution in [-0.4, -0.2) is 58.3 Å². The van der Waals surface area contributed by atoms with Crippen LogP contribution in [0.5, 0.6) is 11.5 Å². The number of carbonyl (C=O) groups excluding carboxylic acids is 6. The van der Waals surface area contributed by atoms with Crippen molar-refractivity contribution in [1.82, 2.24) is 9.80 Å². The summed E-state index contributed by atoms with van der Waals surface area (Å²) in [7, 11) is 0. The van der Waals surface area contributed by atoms with Gasteiger partial charge in [-0.2, -0.15) is 0 Å². The van der Waals surface area contributed by atoms with Gasteiger partial charge in [-0.3, -0.25) is 38.6 Å². The van der Waals surface area contributed by atoms with E-state index in [-0.39, 0.29) is 22.3 Å². The fraction of sp³-hybridized carbons (Fsp3) is 0.0625. The minimum atomic E-state index is -0.524. The summed E-state index contributed by atoms with van der Waals surface area (Å²) in [6, 6.07) is 25.8. The second kappa shape index (κ2) is 11.1. The minimum absolute atomic E-state index is 0.276. The first-order chi connectivity index (χ1) is 20.8. The van der Waals surface area contributed by atoms with Gasteiger partial charge < -0.3 is 15.4 Å². The Bertz CT molecular complexity index is 1610. The summed E-state index contributed by atoms with van der Waals surface area (Å²) in [4.78, 5) is 76.8. The van der Waals surface area contributed by atoms with Crippen molar-refractivity contribution in [3.05, 3.63) is 119 Å². The van der Waals surface area contributed by atoms with Gasteiger partial charge in [-0.15, -0.1) is 0 Å². The van der Waals surface area contributed by atoms with Crippen LogP contribution >= 0.6 is 0 Å². The van der Waals surface area contributed by atoms with Crippen molar-refractivity contribution >= 4 is 46.8 Å². The number of nitrogens with one attached hydrogen (secondary N) is 2. The van der Waals surface area contributed by atoms with Gasteiger partial charge in [0.15, 0.2) is 0 Å². The number of fused-ring (bicyclic) bond motifs is 2. The van der Waals surface area contributed by atoms with Crippen LogP contribution in [-0.2, 0) is 9.59 Å². The highest BCUT2D eigenvalue weighted by atomic mass is 16.5. The van der Waals surface area contributed by atoms with E-state index in [0.717, 1.165) is 9.80 Å². The maximum atomic E-state index is 12.5. The van der Waals surface area contributed by atoms with Crippen molar-refractivity contribution in [3.8, 4) is 11.5 Å². The Morgan fingerprint density at radius 1 is 0.488 bits per heavy atom. The molecule has 11 nitrogen and oxygen atoms in total. The van der Waals surface area contributed by atoms with Crippen molar-refractivity contribution in [2.24, 2.45) is 0 Å². The number of hydrogen-bond donors (Lipinski definition) is 2. The van der Waals surface area contributed by atoms with Crippen molar-refractivity contribution < 1.29 is 33.5 Å². The van der Waals surface area contributed by atoms with Gasteiger partial charge in [0.2, 0.25) is 11.8 Å². The number of rotatable bonds is 8. The molecule has 2 aliphatic rings. The summed E-state index contributed by atoms with van der Waals surface area (Å²) in [5.41, 5.74) is 2.00. The fourth-order valence-electron chi connectivity index (χ4n) is 4.80. The average molecular weight is 575 g/mol. The first kappa shape index (κ1) is 27.1. The van der Waals surface area contributed by atoms with E-state index in [0.29, 0.717) is 22.9 Å². The Kier molecular flexibility index (Phi) is 6.96. The summed E-state index contributed by atoms with van der Waals surface area (Å²) >= 11 is 0. The Balaban J connectivity index is 0.994. The molecule has 11 heteroatoms. The molecule has 4 aromatic carbocycles. The van der Waals surface area contributed by atoms with Crippen molar-refractivity contribution in [3.63, 3.8) is 0 Å². The van der Waals surface area contributed by atoms with E-state index in [2.05, 4.69) is 10.6 Å². The quantitative estimate of drug-likeness (QED) is 0.304. The third-order valence-electron chi connectivity index (χ3n) is 6.87. The third-order valence-corrected chi connectivity index (χ3v) is 6.87. The molecule has 43 heavy (non-hydrogen) atoms. The van der Waals surface area contributed by atoms with Crippen LogP contribution in [0.2, 0.25) is 0 Å². The number of carbonyl (C=O) groups is 6. The topological polar surface area (TPSA) is 142 Å². The summed E-state index contributed by atoms with van der Waals surface area (Å²) in [6.45, 7) is -0.822. The van der Waals surface area contributed by atoms with Gasteiger partial charge >= 0.3 is 0 Å². The van der Waals surface area contributed by atoms with E-state index in [1.54, 1.807) is 97.1 Å². The van der Waals surface area contributed by atoms with E-state index >= 15 is 0 Å². The number of ether oxygens (including phenoxy) is 1. The molecule has 0 saturated carbocycles. The van der Waals surface area contributed by atoms with Gasteiger partial charge in [-0.05, 0) is 72.8 Å². The van der Waals surface area contributed by atoms with Crippen LogP contribution in [0.4, 0.5) is 11.4 Å². The molecule has 6 amide bonds. The standard InChI is InChI=1S/C32H22N4O7/c37-27(17-35-29(39)23-5-1-2-6-24(23)30(35)40)33-19-9-13-21(14-10-19)43-22-15-11-20(12-16-22)34-28(38)18-36-31(41)25-7-3-4-8-26(25)32(36)42/h1-16H,17-18H2,(H,33,37)(H,34,38). The maximum Gasteiger partial charge on any atom is 0.262 e. The number of imide groups is 2. The second-order valence-electron chi connectivity index (χ2n) is 9.73. The Hall–Kier alpha value is -6.10. The van der Waals surface area contributed by atoms with Crippen LogP contribution < -0.4 is 15.4 Å².